The molecule has 1 fully saturated rings. The Balaban J connectivity index is 1.53. The zero-order valence-corrected chi connectivity index (χ0v) is 19.3. The summed E-state index contributed by atoms with van der Waals surface area (Å²) in [7, 11) is 3.43. The highest BCUT2D eigenvalue weighted by atomic mass is 32.2. The van der Waals surface area contributed by atoms with Crippen molar-refractivity contribution in [3.05, 3.63) is 90.4 Å². The molecule has 0 aliphatic carbocycles. The molecule has 4 aromatic rings. The normalized spacial score (nSPS) is 17.9. The van der Waals surface area contributed by atoms with Crippen LogP contribution in [-0.2, 0) is 0 Å². The Morgan fingerprint density at radius 2 is 1.88 bits per heavy atom. The average molecular weight is 457 g/mol. The molecule has 0 bridgehead atoms. The van der Waals surface area contributed by atoms with E-state index >= 15 is 0 Å². The minimum Gasteiger partial charge on any atom is -0.330 e. The summed E-state index contributed by atoms with van der Waals surface area (Å²) in [5, 5.41) is 4.24. The molecule has 33 heavy (non-hydrogen) atoms. The monoisotopic (exact) mass is 456 g/mol. The number of carbonyl (C=O) groups excluding carboxylic acids is 2. The molecule has 1 aliphatic rings. The largest absolute Gasteiger partial charge is 0.330 e. The summed E-state index contributed by atoms with van der Waals surface area (Å²) in [6.07, 6.45) is 5.25. The topological polar surface area (TPSA) is 67.2 Å². The van der Waals surface area contributed by atoms with Crippen molar-refractivity contribution in [1.82, 2.24) is 19.8 Å². The number of nitrogens with zero attached hydrogens (tertiary/aromatic N) is 3. The maximum absolute atomic E-state index is 13.6. The van der Waals surface area contributed by atoms with E-state index in [2.05, 4.69) is 10.3 Å². The van der Waals surface area contributed by atoms with Crippen LogP contribution >= 0.6 is 11.8 Å². The maximum atomic E-state index is 13.6. The molecule has 1 saturated heterocycles. The lowest BCUT2D eigenvalue weighted by Gasteiger charge is -2.12. The smallest absolute Gasteiger partial charge is 0.328 e. The van der Waals surface area contributed by atoms with Gasteiger partial charge in [-0.3, -0.25) is 19.7 Å². The Hall–Kier alpha value is -3.42. The molecule has 2 aromatic heterocycles. The van der Waals surface area contributed by atoms with Gasteiger partial charge in [0.25, 0.3) is 0 Å². The van der Waals surface area contributed by atoms with Crippen molar-refractivity contribution in [2.45, 2.75) is 11.4 Å². The number of ketones is 1. The third-order valence-corrected chi connectivity index (χ3v) is 7.12. The van der Waals surface area contributed by atoms with Gasteiger partial charge in [0.05, 0.1) is 16.9 Å². The van der Waals surface area contributed by atoms with Crippen molar-refractivity contribution in [2.75, 3.05) is 19.8 Å². The molecule has 1 amide bonds. The molecule has 166 valence electrons. The number of carbonyl (C=O) groups is 2. The number of fused-ring (bicyclic) bond motifs is 1. The van der Waals surface area contributed by atoms with Crippen LogP contribution in [0.15, 0.2) is 79.3 Å². The number of thioether (sulfide) groups is 1. The summed E-state index contributed by atoms with van der Waals surface area (Å²) in [6.45, 7) is 0. The molecule has 7 heteroatoms. The van der Waals surface area contributed by atoms with Gasteiger partial charge in [-0.1, -0.05) is 48.5 Å². The van der Waals surface area contributed by atoms with Gasteiger partial charge in [-0.05, 0) is 28.8 Å². The molecule has 5 rings (SSSR count). The van der Waals surface area contributed by atoms with Gasteiger partial charge in [0.15, 0.2) is 5.78 Å². The zero-order chi connectivity index (χ0) is 22.9. The molecule has 1 N–H and O–H groups in total. The van der Waals surface area contributed by atoms with E-state index in [1.807, 2.05) is 66.9 Å². The Labute approximate surface area is 196 Å². The van der Waals surface area contributed by atoms with Gasteiger partial charge < -0.3 is 4.90 Å². The summed E-state index contributed by atoms with van der Waals surface area (Å²) in [6, 6.07) is 19.4. The molecule has 2 atom stereocenters. The number of Topliss-reactive ketones (excluding diaryl/α,β-unsaturated/α-hetero) is 1. The van der Waals surface area contributed by atoms with Crippen molar-refractivity contribution in [2.24, 2.45) is 0 Å². The number of hydrogen-bond donors (Lipinski definition) is 1. The van der Waals surface area contributed by atoms with Gasteiger partial charge in [0.2, 0.25) is 0 Å². The van der Waals surface area contributed by atoms with Crippen LogP contribution in [0.25, 0.3) is 22.0 Å². The van der Waals surface area contributed by atoms with E-state index in [0.717, 1.165) is 27.6 Å². The number of pyridine rings is 1. The summed E-state index contributed by atoms with van der Waals surface area (Å²) in [5.74, 6) is 0.658. The summed E-state index contributed by atoms with van der Waals surface area (Å²) in [5.41, 5.74) is 4.40. The van der Waals surface area contributed by atoms with Crippen LogP contribution in [0.2, 0.25) is 0 Å². The highest BCUT2D eigenvalue weighted by Gasteiger charge is 2.33. The lowest BCUT2D eigenvalue weighted by atomic mass is 10.0. The maximum Gasteiger partial charge on any atom is 0.328 e. The van der Waals surface area contributed by atoms with Crippen molar-refractivity contribution in [3.8, 4) is 11.1 Å². The van der Waals surface area contributed by atoms with Crippen LogP contribution < -0.4 is 5.32 Å². The molecule has 3 heterocycles. The summed E-state index contributed by atoms with van der Waals surface area (Å²) < 4.78 is 1.58. The lowest BCUT2D eigenvalue weighted by Crippen LogP contribution is -2.34. The molecule has 0 radical (unpaired) electrons. The Morgan fingerprint density at radius 3 is 2.61 bits per heavy atom. The first-order chi connectivity index (χ1) is 16.0. The van der Waals surface area contributed by atoms with E-state index in [-0.39, 0.29) is 23.2 Å². The molecular formula is C26H24N4O2S. The molecule has 0 unspecified atom stereocenters. The predicted octanol–water partition coefficient (Wildman–Crippen LogP) is 4.82. The number of nitrogens with one attached hydrogen (secondary N) is 1. The van der Waals surface area contributed by atoms with Crippen LogP contribution in [0.3, 0.4) is 0 Å². The van der Waals surface area contributed by atoms with Crippen molar-refractivity contribution in [3.63, 3.8) is 0 Å². The number of aromatic nitrogens is 2. The van der Waals surface area contributed by atoms with Gasteiger partial charge in [0, 0.05) is 49.4 Å². The molecule has 1 aliphatic heterocycles. The molecule has 0 saturated carbocycles. The SMILES string of the molecule is CN(C)C(=O)n1cc(C(=O)[C@@H]2CS[C@H](c3cccnc3)N2)c2ccc(-c3ccccc3)cc21. The first-order valence-corrected chi connectivity index (χ1v) is 11.8. The fourth-order valence-corrected chi connectivity index (χ4v) is 5.37. The van der Waals surface area contributed by atoms with Gasteiger partial charge in [0.1, 0.15) is 0 Å². The number of hydrogen-bond acceptors (Lipinski definition) is 5. The third kappa shape index (κ3) is 4.05. The fraction of sp³-hybridized carbons (Fsp3) is 0.192. The second-order valence-electron chi connectivity index (χ2n) is 8.27. The molecule has 2 aromatic carbocycles. The van der Waals surface area contributed by atoms with Crippen LogP contribution in [0.4, 0.5) is 4.79 Å². The number of amides is 1. The Morgan fingerprint density at radius 1 is 1.06 bits per heavy atom. The quantitative estimate of drug-likeness (QED) is 0.446. The second kappa shape index (κ2) is 8.84. The standard InChI is InChI=1S/C26H24N4O2S/c1-29(2)26(32)30-15-21(20-11-10-18(13-23(20)30)17-7-4-3-5-8-17)24(31)22-16-33-25(28-22)19-9-6-12-27-14-19/h3-15,22,25,28H,16H2,1-2H3/t22-,25+/m0/s1. The minimum absolute atomic E-state index is 0.00309. The van der Waals surface area contributed by atoms with Gasteiger partial charge in [-0.25, -0.2) is 4.79 Å². The van der Waals surface area contributed by atoms with E-state index in [1.54, 1.807) is 42.8 Å². The van der Waals surface area contributed by atoms with Gasteiger partial charge >= 0.3 is 6.03 Å². The van der Waals surface area contributed by atoms with E-state index in [1.165, 1.54) is 4.90 Å². The highest BCUT2D eigenvalue weighted by Crippen LogP contribution is 2.35. The molecule has 0 spiro atoms. The average Bonchev–Trinajstić information content (AvgIpc) is 3.49. The van der Waals surface area contributed by atoms with Gasteiger partial charge in [-0.15, -0.1) is 11.8 Å². The second-order valence-corrected chi connectivity index (χ2v) is 9.41. The third-order valence-electron chi connectivity index (χ3n) is 5.85. The van der Waals surface area contributed by atoms with Crippen LogP contribution in [0.5, 0.6) is 0 Å². The van der Waals surface area contributed by atoms with Crippen molar-refractivity contribution >= 4 is 34.5 Å². The van der Waals surface area contributed by atoms with Crippen LogP contribution in [-0.4, -0.2) is 52.2 Å². The Bertz CT molecular complexity index is 1320. The van der Waals surface area contributed by atoms with E-state index in [0.29, 0.717) is 11.3 Å². The fourth-order valence-electron chi connectivity index (χ4n) is 4.14. The number of benzene rings is 2. The first-order valence-electron chi connectivity index (χ1n) is 10.8. The molecular weight excluding hydrogens is 432 g/mol. The highest BCUT2D eigenvalue weighted by molar-refractivity contribution is 7.99. The van der Waals surface area contributed by atoms with E-state index in [4.69, 9.17) is 0 Å². The lowest BCUT2D eigenvalue weighted by molar-refractivity contribution is 0.0957. The van der Waals surface area contributed by atoms with Crippen molar-refractivity contribution in [1.29, 1.82) is 0 Å². The predicted molar refractivity (Wildman–Crippen MR) is 133 cm³/mol. The van der Waals surface area contributed by atoms with Gasteiger partial charge in [-0.2, -0.15) is 0 Å². The van der Waals surface area contributed by atoms with Crippen LogP contribution in [0.1, 0.15) is 21.3 Å². The van der Waals surface area contributed by atoms with Crippen LogP contribution in [0, 0.1) is 0 Å². The first kappa shape index (κ1) is 21.4. The van der Waals surface area contributed by atoms with Crippen molar-refractivity contribution < 1.29 is 9.59 Å². The molecule has 6 nitrogen and oxygen atoms in total. The zero-order valence-electron chi connectivity index (χ0n) is 18.4. The van der Waals surface area contributed by atoms with E-state index in [9.17, 15) is 9.59 Å². The minimum atomic E-state index is -0.331. The number of rotatable bonds is 4. The summed E-state index contributed by atoms with van der Waals surface area (Å²) >= 11 is 1.70. The van der Waals surface area contributed by atoms with E-state index < -0.39 is 0 Å². The summed E-state index contributed by atoms with van der Waals surface area (Å²) in [4.78, 5) is 32.2. The Kier molecular flexibility index (Phi) is 5.74.